The van der Waals surface area contributed by atoms with Crippen LogP contribution in [0.2, 0.25) is 0 Å². The zero-order valence-corrected chi connectivity index (χ0v) is 13.5. The summed E-state index contributed by atoms with van der Waals surface area (Å²) in [4.78, 5) is 25.5. The maximum Gasteiger partial charge on any atom is 0.303 e. The van der Waals surface area contributed by atoms with Gasteiger partial charge in [-0.05, 0) is 56.0 Å². The van der Waals surface area contributed by atoms with Gasteiger partial charge in [-0.1, -0.05) is 0 Å². The quantitative estimate of drug-likeness (QED) is 0.916. The molecular formula is C18H21N3O3. The van der Waals surface area contributed by atoms with E-state index in [0.29, 0.717) is 18.5 Å². The maximum atomic E-state index is 12.8. The van der Waals surface area contributed by atoms with Gasteiger partial charge in [-0.2, -0.15) is 5.10 Å². The summed E-state index contributed by atoms with van der Waals surface area (Å²) in [7, 11) is 0. The van der Waals surface area contributed by atoms with Crippen LogP contribution in [0.5, 0.6) is 0 Å². The van der Waals surface area contributed by atoms with Crippen LogP contribution in [0.15, 0.2) is 42.7 Å². The molecule has 24 heavy (non-hydrogen) atoms. The highest BCUT2D eigenvalue weighted by Gasteiger charge is 2.27. The summed E-state index contributed by atoms with van der Waals surface area (Å²) >= 11 is 0. The van der Waals surface area contributed by atoms with Crippen LogP contribution >= 0.6 is 0 Å². The average Bonchev–Trinajstić information content (AvgIpc) is 3.14. The lowest BCUT2D eigenvalue weighted by Crippen LogP contribution is -2.43. The van der Waals surface area contributed by atoms with Crippen molar-refractivity contribution in [1.29, 1.82) is 0 Å². The van der Waals surface area contributed by atoms with Crippen molar-refractivity contribution in [2.75, 3.05) is 6.54 Å². The van der Waals surface area contributed by atoms with E-state index in [1.807, 2.05) is 41.4 Å². The number of carbonyl (C=O) groups excluding carboxylic acids is 1. The monoisotopic (exact) mass is 327 g/mol. The fourth-order valence-electron chi connectivity index (χ4n) is 3.20. The summed E-state index contributed by atoms with van der Waals surface area (Å²) in [6, 6.07) is 9.23. The summed E-state index contributed by atoms with van der Waals surface area (Å²) in [6.45, 7) is 0.698. The molecule has 0 saturated carbocycles. The second kappa shape index (κ2) is 7.29. The number of amides is 1. The van der Waals surface area contributed by atoms with Gasteiger partial charge in [0.05, 0.1) is 5.69 Å². The van der Waals surface area contributed by atoms with Crippen molar-refractivity contribution < 1.29 is 14.7 Å². The molecule has 2 heterocycles. The Bertz CT molecular complexity index is 695. The van der Waals surface area contributed by atoms with Crippen LogP contribution in [0.1, 0.15) is 42.5 Å². The second-order valence-corrected chi connectivity index (χ2v) is 6.08. The third-order valence-electron chi connectivity index (χ3n) is 4.46. The number of aromatic nitrogens is 2. The van der Waals surface area contributed by atoms with Crippen LogP contribution < -0.4 is 0 Å². The number of carboxylic acid groups (broad SMARTS) is 1. The third-order valence-corrected chi connectivity index (χ3v) is 4.46. The van der Waals surface area contributed by atoms with Crippen molar-refractivity contribution >= 4 is 11.9 Å². The molecule has 6 nitrogen and oxygen atoms in total. The van der Waals surface area contributed by atoms with Gasteiger partial charge in [0.2, 0.25) is 0 Å². The van der Waals surface area contributed by atoms with Crippen LogP contribution in [0.4, 0.5) is 0 Å². The number of rotatable bonds is 5. The first kappa shape index (κ1) is 16.2. The smallest absolute Gasteiger partial charge is 0.303 e. The maximum absolute atomic E-state index is 12.8. The molecule has 1 fully saturated rings. The number of aliphatic carboxylic acids is 1. The predicted octanol–water partition coefficient (Wildman–Crippen LogP) is 2.73. The summed E-state index contributed by atoms with van der Waals surface area (Å²) < 4.78 is 1.74. The van der Waals surface area contributed by atoms with Gasteiger partial charge in [0.1, 0.15) is 0 Å². The first-order chi connectivity index (χ1) is 11.6. The van der Waals surface area contributed by atoms with Crippen LogP contribution in [0.3, 0.4) is 0 Å². The normalized spacial score (nSPS) is 17.7. The zero-order chi connectivity index (χ0) is 16.9. The lowest BCUT2D eigenvalue weighted by molar-refractivity contribution is -0.137. The first-order valence-corrected chi connectivity index (χ1v) is 8.28. The van der Waals surface area contributed by atoms with E-state index in [1.165, 1.54) is 0 Å². The molecule has 1 saturated heterocycles. The van der Waals surface area contributed by atoms with E-state index < -0.39 is 5.97 Å². The molecule has 1 aromatic heterocycles. The molecule has 1 aliphatic rings. The Morgan fingerprint density at radius 3 is 2.67 bits per heavy atom. The number of carboxylic acids is 1. The van der Waals surface area contributed by atoms with Crippen LogP contribution in [0.25, 0.3) is 5.69 Å². The summed E-state index contributed by atoms with van der Waals surface area (Å²) in [5.41, 5.74) is 1.53. The van der Waals surface area contributed by atoms with Gasteiger partial charge in [0.25, 0.3) is 5.91 Å². The number of nitrogens with zero attached hydrogens (tertiary/aromatic N) is 3. The van der Waals surface area contributed by atoms with Crippen LogP contribution in [0, 0.1) is 0 Å². The van der Waals surface area contributed by atoms with Gasteiger partial charge in [0, 0.05) is 37.0 Å². The van der Waals surface area contributed by atoms with Crippen molar-refractivity contribution in [2.24, 2.45) is 0 Å². The predicted molar refractivity (Wildman–Crippen MR) is 89.1 cm³/mol. The Labute approximate surface area is 140 Å². The number of piperidine rings is 1. The molecule has 1 amide bonds. The van der Waals surface area contributed by atoms with E-state index in [4.69, 9.17) is 5.11 Å². The van der Waals surface area contributed by atoms with Crippen LogP contribution in [-0.4, -0.2) is 44.3 Å². The lowest BCUT2D eigenvalue weighted by Gasteiger charge is -2.35. The number of hydrogen-bond acceptors (Lipinski definition) is 3. The van der Waals surface area contributed by atoms with E-state index in [9.17, 15) is 9.59 Å². The van der Waals surface area contributed by atoms with Gasteiger partial charge >= 0.3 is 5.97 Å². The number of hydrogen-bond donors (Lipinski definition) is 1. The molecule has 126 valence electrons. The minimum absolute atomic E-state index is 0.0166. The standard InChI is InChI=1S/C18H21N3O3/c22-17(23)10-9-15-4-1-2-12-20(15)18(24)14-5-7-16(8-6-14)21-13-3-11-19-21/h3,5-8,11,13,15H,1-2,4,9-10,12H2,(H,22,23). The highest BCUT2D eigenvalue weighted by molar-refractivity contribution is 5.94. The Balaban J connectivity index is 1.72. The highest BCUT2D eigenvalue weighted by Crippen LogP contribution is 2.23. The average molecular weight is 327 g/mol. The molecule has 3 rings (SSSR count). The largest absolute Gasteiger partial charge is 0.481 e. The van der Waals surface area contributed by atoms with Crippen molar-refractivity contribution in [3.05, 3.63) is 48.3 Å². The number of benzene rings is 1. The van der Waals surface area contributed by atoms with Gasteiger partial charge in [-0.15, -0.1) is 0 Å². The molecule has 0 spiro atoms. The highest BCUT2D eigenvalue weighted by atomic mass is 16.4. The summed E-state index contributed by atoms with van der Waals surface area (Å²) in [5, 5.41) is 13.1. The Kier molecular flexibility index (Phi) is 4.93. The van der Waals surface area contributed by atoms with Gasteiger partial charge < -0.3 is 10.0 Å². The molecule has 1 N–H and O–H groups in total. The summed E-state index contributed by atoms with van der Waals surface area (Å²) in [6.07, 6.45) is 7.08. The molecule has 1 atom stereocenters. The van der Waals surface area contributed by atoms with E-state index in [1.54, 1.807) is 10.9 Å². The van der Waals surface area contributed by atoms with Gasteiger partial charge in [-0.25, -0.2) is 4.68 Å². The fourth-order valence-corrected chi connectivity index (χ4v) is 3.20. The van der Waals surface area contributed by atoms with E-state index >= 15 is 0 Å². The molecular weight excluding hydrogens is 306 g/mol. The molecule has 0 aliphatic carbocycles. The van der Waals surface area contributed by atoms with E-state index in [-0.39, 0.29) is 18.4 Å². The third kappa shape index (κ3) is 3.64. The van der Waals surface area contributed by atoms with E-state index in [0.717, 1.165) is 24.9 Å². The second-order valence-electron chi connectivity index (χ2n) is 6.08. The van der Waals surface area contributed by atoms with Crippen LogP contribution in [-0.2, 0) is 4.79 Å². The first-order valence-electron chi connectivity index (χ1n) is 8.28. The Hall–Kier alpha value is -2.63. The molecule has 0 bridgehead atoms. The Morgan fingerprint density at radius 2 is 2.00 bits per heavy atom. The number of carbonyl (C=O) groups is 2. The lowest BCUT2D eigenvalue weighted by atomic mass is 9.97. The SMILES string of the molecule is O=C(O)CCC1CCCCN1C(=O)c1ccc(-n2cccn2)cc1. The summed E-state index contributed by atoms with van der Waals surface area (Å²) in [5.74, 6) is -0.825. The molecule has 6 heteroatoms. The minimum atomic E-state index is -0.809. The topological polar surface area (TPSA) is 75.4 Å². The van der Waals surface area contributed by atoms with Crippen molar-refractivity contribution in [3.63, 3.8) is 0 Å². The Morgan fingerprint density at radius 1 is 1.21 bits per heavy atom. The molecule has 1 aliphatic heterocycles. The fraction of sp³-hybridized carbons (Fsp3) is 0.389. The van der Waals surface area contributed by atoms with Gasteiger partial charge in [-0.3, -0.25) is 9.59 Å². The molecule has 2 aromatic rings. The van der Waals surface area contributed by atoms with Gasteiger partial charge in [0.15, 0.2) is 0 Å². The van der Waals surface area contributed by atoms with Crippen molar-refractivity contribution in [2.45, 2.75) is 38.1 Å². The molecule has 0 radical (unpaired) electrons. The zero-order valence-electron chi connectivity index (χ0n) is 13.5. The molecule has 1 aromatic carbocycles. The minimum Gasteiger partial charge on any atom is -0.481 e. The number of likely N-dealkylation sites (tertiary alicyclic amines) is 1. The molecule has 1 unspecified atom stereocenters. The van der Waals surface area contributed by atoms with Crippen molar-refractivity contribution in [1.82, 2.24) is 14.7 Å². The van der Waals surface area contributed by atoms with Crippen molar-refractivity contribution in [3.8, 4) is 5.69 Å². The van der Waals surface area contributed by atoms with E-state index in [2.05, 4.69) is 5.10 Å².